The van der Waals surface area contributed by atoms with Crippen molar-refractivity contribution < 1.29 is 4.74 Å². The van der Waals surface area contributed by atoms with Gasteiger partial charge in [0.25, 0.3) is 0 Å². The van der Waals surface area contributed by atoms with Crippen molar-refractivity contribution in [3.63, 3.8) is 0 Å². The van der Waals surface area contributed by atoms with Gasteiger partial charge in [0.2, 0.25) is 0 Å². The van der Waals surface area contributed by atoms with E-state index in [-0.39, 0.29) is 5.41 Å². The van der Waals surface area contributed by atoms with Crippen molar-refractivity contribution in [3.05, 3.63) is 42.0 Å². The smallest absolute Gasteiger partial charge is 0.119 e. The Morgan fingerprint density at radius 3 is 2.39 bits per heavy atom. The number of methoxy groups -OCH3 is 1. The molecular formula is C16H19ClO. The number of fused-ring (bicyclic) bond motifs is 1. The van der Waals surface area contributed by atoms with Crippen LogP contribution >= 0.6 is 11.6 Å². The molecule has 0 amide bonds. The van der Waals surface area contributed by atoms with Crippen LogP contribution in [0.15, 0.2) is 36.4 Å². The van der Waals surface area contributed by atoms with Crippen LogP contribution in [-0.2, 0) is 5.41 Å². The molecule has 0 heterocycles. The van der Waals surface area contributed by atoms with Crippen LogP contribution < -0.4 is 4.74 Å². The van der Waals surface area contributed by atoms with Crippen molar-refractivity contribution in [1.29, 1.82) is 0 Å². The highest BCUT2D eigenvalue weighted by atomic mass is 35.5. The summed E-state index contributed by atoms with van der Waals surface area (Å²) in [5.41, 5.74) is 1.45. The van der Waals surface area contributed by atoms with Gasteiger partial charge in [-0.3, -0.25) is 0 Å². The van der Waals surface area contributed by atoms with Gasteiger partial charge < -0.3 is 4.74 Å². The minimum atomic E-state index is 0.121. The van der Waals surface area contributed by atoms with E-state index in [0.29, 0.717) is 5.88 Å². The fourth-order valence-corrected chi connectivity index (χ4v) is 2.62. The number of hydrogen-bond donors (Lipinski definition) is 0. The van der Waals surface area contributed by atoms with E-state index in [9.17, 15) is 0 Å². The van der Waals surface area contributed by atoms with E-state index >= 15 is 0 Å². The number of rotatable bonds is 4. The minimum Gasteiger partial charge on any atom is -0.497 e. The summed E-state index contributed by atoms with van der Waals surface area (Å²) < 4.78 is 5.24. The highest BCUT2D eigenvalue weighted by molar-refractivity contribution is 6.17. The van der Waals surface area contributed by atoms with Gasteiger partial charge in [0.15, 0.2) is 0 Å². The van der Waals surface area contributed by atoms with Gasteiger partial charge in [-0.2, -0.15) is 0 Å². The molecule has 0 aliphatic rings. The van der Waals surface area contributed by atoms with Crippen molar-refractivity contribution in [3.8, 4) is 5.75 Å². The Bertz CT molecular complexity index is 546. The molecule has 0 saturated carbocycles. The average Bonchev–Trinajstić information content (AvgIpc) is 2.37. The first-order chi connectivity index (χ1) is 8.56. The van der Waals surface area contributed by atoms with Gasteiger partial charge >= 0.3 is 0 Å². The first kappa shape index (κ1) is 13.2. The lowest BCUT2D eigenvalue weighted by Gasteiger charge is -2.24. The van der Waals surface area contributed by atoms with Crippen LogP contribution in [0.2, 0.25) is 0 Å². The molecule has 0 saturated heterocycles. The van der Waals surface area contributed by atoms with Gasteiger partial charge in [0, 0.05) is 5.88 Å². The normalized spacial score (nSPS) is 11.8. The van der Waals surface area contributed by atoms with Gasteiger partial charge in [-0.1, -0.05) is 38.1 Å². The van der Waals surface area contributed by atoms with Crippen molar-refractivity contribution in [1.82, 2.24) is 0 Å². The highest BCUT2D eigenvalue weighted by Gasteiger charge is 2.19. The number of hydrogen-bond acceptors (Lipinski definition) is 1. The Balaban J connectivity index is 2.45. The van der Waals surface area contributed by atoms with E-state index < -0.39 is 0 Å². The molecule has 0 fully saturated rings. The van der Waals surface area contributed by atoms with Crippen LogP contribution in [0.5, 0.6) is 5.75 Å². The monoisotopic (exact) mass is 262 g/mol. The average molecular weight is 263 g/mol. The van der Waals surface area contributed by atoms with E-state index in [1.54, 1.807) is 7.11 Å². The van der Waals surface area contributed by atoms with Crippen molar-refractivity contribution >= 4 is 22.4 Å². The topological polar surface area (TPSA) is 9.23 Å². The second-order valence-corrected chi connectivity index (χ2v) is 5.63. The largest absolute Gasteiger partial charge is 0.497 e. The Kier molecular flexibility index (Phi) is 3.82. The molecular weight excluding hydrogens is 244 g/mol. The van der Waals surface area contributed by atoms with Gasteiger partial charge in [0.05, 0.1) is 7.11 Å². The Morgan fingerprint density at radius 1 is 1.06 bits per heavy atom. The molecule has 0 aromatic heterocycles. The molecule has 0 aliphatic carbocycles. The lowest BCUT2D eigenvalue weighted by atomic mass is 9.81. The predicted octanol–water partition coefficient (Wildman–Crippen LogP) is 4.75. The molecule has 2 aromatic rings. The molecule has 0 unspecified atom stereocenters. The number of ether oxygens (including phenoxy) is 1. The maximum Gasteiger partial charge on any atom is 0.119 e. The van der Waals surface area contributed by atoms with E-state index in [0.717, 1.165) is 12.2 Å². The maximum atomic E-state index is 5.88. The highest BCUT2D eigenvalue weighted by Crippen LogP contribution is 2.31. The third-order valence-corrected chi connectivity index (χ3v) is 3.74. The summed E-state index contributed by atoms with van der Waals surface area (Å²) in [6.45, 7) is 4.47. The fraction of sp³-hybridized carbons (Fsp3) is 0.375. The Morgan fingerprint density at radius 2 is 1.72 bits per heavy atom. The molecule has 2 heteroatoms. The zero-order chi connectivity index (χ0) is 13.2. The molecule has 0 atom stereocenters. The Hall–Kier alpha value is -1.21. The van der Waals surface area contributed by atoms with Crippen molar-refractivity contribution in [2.45, 2.75) is 25.7 Å². The SMILES string of the molecule is COc1ccc2cc(C(C)(C)CCCl)ccc2c1. The van der Waals surface area contributed by atoms with E-state index in [4.69, 9.17) is 16.3 Å². The van der Waals surface area contributed by atoms with Gasteiger partial charge in [-0.15, -0.1) is 11.6 Å². The predicted molar refractivity (Wildman–Crippen MR) is 78.9 cm³/mol. The van der Waals surface area contributed by atoms with Crippen molar-refractivity contribution in [2.24, 2.45) is 0 Å². The zero-order valence-corrected chi connectivity index (χ0v) is 11.9. The van der Waals surface area contributed by atoms with Crippen LogP contribution in [-0.4, -0.2) is 13.0 Å². The van der Waals surface area contributed by atoms with Crippen LogP contribution in [0, 0.1) is 0 Å². The van der Waals surface area contributed by atoms with Crippen LogP contribution in [0.4, 0.5) is 0 Å². The molecule has 0 spiro atoms. The van der Waals surface area contributed by atoms with E-state index in [1.807, 2.05) is 6.07 Å². The van der Waals surface area contributed by atoms with Gasteiger partial charge in [-0.25, -0.2) is 0 Å². The fourth-order valence-electron chi connectivity index (χ4n) is 2.15. The molecule has 0 N–H and O–H groups in total. The minimum absolute atomic E-state index is 0.121. The standard InChI is InChI=1S/C16H19ClO/c1-16(2,8-9-17)14-6-4-13-11-15(18-3)7-5-12(13)10-14/h4-7,10-11H,8-9H2,1-3H3. The lowest BCUT2D eigenvalue weighted by molar-refractivity contribution is 0.415. The summed E-state index contributed by atoms with van der Waals surface area (Å²) in [4.78, 5) is 0. The summed E-state index contributed by atoms with van der Waals surface area (Å²) in [6.07, 6.45) is 0.982. The molecule has 0 bridgehead atoms. The summed E-state index contributed by atoms with van der Waals surface area (Å²) in [6, 6.07) is 12.8. The zero-order valence-electron chi connectivity index (χ0n) is 11.2. The van der Waals surface area contributed by atoms with Gasteiger partial charge in [-0.05, 0) is 40.3 Å². The van der Waals surface area contributed by atoms with Crippen LogP contribution in [0.3, 0.4) is 0 Å². The molecule has 18 heavy (non-hydrogen) atoms. The molecule has 0 radical (unpaired) electrons. The first-order valence-electron chi connectivity index (χ1n) is 6.21. The number of benzene rings is 2. The summed E-state index contributed by atoms with van der Waals surface area (Å²) in [5.74, 6) is 1.59. The molecule has 2 aromatic carbocycles. The second-order valence-electron chi connectivity index (χ2n) is 5.25. The summed E-state index contributed by atoms with van der Waals surface area (Å²) in [7, 11) is 1.69. The van der Waals surface area contributed by atoms with E-state index in [1.165, 1.54) is 16.3 Å². The Labute approximate surface area is 114 Å². The lowest BCUT2D eigenvalue weighted by Crippen LogP contribution is -2.17. The molecule has 0 aliphatic heterocycles. The first-order valence-corrected chi connectivity index (χ1v) is 6.74. The second kappa shape index (κ2) is 5.19. The number of alkyl halides is 1. The summed E-state index contributed by atoms with van der Waals surface area (Å²) >= 11 is 5.88. The molecule has 96 valence electrons. The summed E-state index contributed by atoms with van der Waals surface area (Å²) in [5, 5.41) is 2.45. The molecule has 2 rings (SSSR count). The number of halogens is 1. The van der Waals surface area contributed by atoms with Gasteiger partial charge in [0.1, 0.15) is 5.75 Å². The third kappa shape index (κ3) is 2.62. The van der Waals surface area contributed by atoms with Crippen LogP contribution in [0.25, 0.3) is 10.8 Å². The quantitative estimate of drug-likeness (QED) is 0.722. The third-order valence-electron chi connectivity index (χ3n) is 3.55. The maximum absolute atomic E-state index is 5.88. The van der Waals surface area contributed by atoms with Crippen molar-refractivity contribution in [2.75, 3.05) is 13.0 Å². The van der Waals surface area contributed by atoms with Crippen LogP contribution in [0.1, 0.15) is 25.8 Å². The molecule has 1 nitrogen and oxygen atoms in total. The van der Waals surface area contributed by atoms with E-state index in [2.05, 4.69) is 44.2 Å².